The Labute approximate surface area is 103 Å². The number of hydrogen-bond acceptors (Lipinski definition) is 2. The van der Waals surface area contributed by atoms with Crippen molar-refractivity contribution >= 4 is 0 Å². The molecule has 0 amide bonds. The van der Waals surface area contributed by atoms with Gasteiger partial charge in [0.1, 0.15) is 5.60 Å². The van der Waals surface area contributed by atoms with Gasteiger partial charge in [-0.15, -0.1) is 0 Å². The molecule has 2 rings (SSSR count). The Hall–Kier alpha value is -1.15. The molecule has 2 heteroatoms. The molecule has 0 radical (unpaired) electrons. The van der Waals surface area contributed by atoms with Crippen molar-refractivity contribution in [3.8, 4) is 0 Å². The van der Waals surface area contributed by atoms with E-state index in [1.165, 1.54) is 25.7 Å². The molecule has 17 heavy (non-hydrogen) atoms. The molecule has 1 aliphatic rings. The largest absolute Gasteiger partial charge is 0.381 e. The molecular weight excluding hydrogens is 210 g/mol. The lowest BCUT2D eigenvalue weighted by molar-refractivity contribution is 0.0919. The van der Waals surface area contributed by atoms with Crippen molar-refractivity contribution < 1.29 is 5.11 Å². The number of nitrogens with zero attached hydrogens (tertiary/aromatic N) is 1. The van der Waals surface area contributed by atoms with Crippen LogP contribution in [0.3, 0.4) is 0 Å². The Bertz CT molecular complexity index is 381. The Kier molecular flexibility index (Phi) is 3.95. The molecule has 0 saturated carbocycles. The third-order valence-electron chi connectivity index (χ3n) is 3.64. The molecule has 0 spiro atoms. The molecule has 0 aromatic carbocycles. The number of rotatable bonds is 2. The Balaban J connectivity index is 2.24. The number of pyridine rings is 1. The van der Waals surface area contributed by atoms with Gasteiger partial charge < -0.3 is 5.11 Å². The first-order valence-electron chi connectivity index (χ1n) is 6.53. The van der Waals surface area contributed by atoms with Crippen LogP contribution in [-0.4, -0.2) is 10.1 Å². The summed E-state index contributed by atoms with van der Waals surface area (Å²) in [5.74, 6) is 0. The van der Waals surface area contributed by atoms with Gasteiger partial charge in [-0.2, -0.15) is 0 Å². The third kappa shape index (κ3) is 2.95. The topological polar surface area (TPSA) is 33.1 Å². The van der Waals surface area contributed by atoms with Crippen LogP contribution in [0.1, 0.15) is 51.0 Å². The number of aliphatic hydroxyl groups is 1. The van der Waals surface area contributed by atoms with Gasteiger partial charge in [-0.3, -0.25) is 4.98 Å². The van der Waals surface area contributed by atoms with E-state index in [1.807, 2.05) is 19.1 Å². The van der Waals surface area contributed by atoms with Crippen molar-refractivity contribution in [1.29, 1.82) is 0 Å². The minimum absolute atomic E-state index is 0.856. The van der Waals surface area contributed by atoms with Gasteiger partial charge in [-0.05, 0) is 44.2 Å². The number of hydrogen-bond donors (Lipinski definition) is 1. The first-order chi connectivity index (χ1) is 8.21. The van der Waals surface area contributed by atoms with Gasteiger partial charge in [0.05, 0.1) is 0 Å². The predicted octanol–water partition coefficient (Wildman–Crippen LogP) is 3.57. The summed E-state index contributed by atoms with van der Waals surface area (Å²) < 4.78 is 0. The van der Waals surface area contributed by atoms with Crippen molar-refractivity contribution in [1.82, 2.24) is 4.98 Å². The SMILES string of the molecule is CC(O)(/C1=C/CCCCCC1)c1cccnc1. The molecule has 0 fully saturated rings. The van der Waals surface area contributed by atoms with Crippen LogP contribution in [0.15, 0.2) is 36.2 Å². The van der Waals surface area contributed by atoms with Crippen LogP contribution in [0.25, 0.3) is 0 Å². The highest BCUT2D eigenvalue weighted by Crippen LogP contribution is 2.33. The van der Waals surface area contributed by atoms with E-state index in [0.717, 1.165) is 24.0 Å². The first kappa shape index (κ1) is 12.3. The molecule has 0 bridgehead atoms. The van der Waals surface area contributed by atoms with E-state index >= 15 is 0 Å². The Morgan fingerprint density at radius 1 is 1.24 bits per heavy atom. The van der Waals surface area contributed by atoms with Gasteiger partial charge >= 0.3 is 0 Å². The average Bonchev–Trinajstić information content (AvgIpc) is 2.29. The van der Waals surface area contributed by atoms with Gasteiger partial charge in [0.2, 0.25) is 0 Å². The highest BCUT2D eigenvalue weighted by atomic mass is 16.3. The zero-order valence-corrected chi connectivity index (χ0v) is 10.5. The van der Waals surface area contributed by atoms with Crippen molar-refractivity contribution in [3.63, 3.8) is 0 Å². The average molecular weight is 231 g/mol. The summed E-state index contributed by atoms with van der Waals surface area (Å²) in [6, 6.07) is 3.83. The zero-order chi connectivity index (χ0) is 12.1. The molecular formula is C15H21NO. The second kappa shape index (κ2) is 5.46. The Morgan fingerprint density at radius 3 is 2.82 bits per heavy atom. The fourth-order valence-corrected chi connectivity index (χ4v) is 2.47. The van der Waals surface area contributed by atoms with Gasteiger partial charge in [0.15, 0.2) is 0 Å². The van der Waals surface area contributed by atoms with E-state index in [9.17, 15) is 5.11 Å². The lowest BCUT2D eigenvalue weighted by atomic mass is 9.84. The van der Waals surface area contributed by atoms with Crippen LogP contribution in [-0.2, 0) is 5.60 Å². The molecule has 1 atom stereocenters. The van der Waals surface area contributed by atoms with Crippen LogP contribution < -0.4 is 0 Å². The van der Waals surface area contributed by atoms with Gasteiger partial charge in [-0.1, -0.05) is 25.0 Å². The molecule has 1 aromatic heterocycles. The summed E-state index contributed by atoms with van der Waals surface area (Å²) >= 11 is 0. The smallest absolute Gasteiger partial charge is 0.109 e. The van der Waals surface area contributed by atoms with Crippen LogP contribution in [0, 0.1) is 0 Å². The maximum absolute atomic E-state index is 10.7. The van der Waals surface area contributed by atoms with Crippen LogP contribution in [0.4, 0.5) is 0 Å². The lowest BCUT2D eigenvalue weighted by Crippen LogP contribution is -2.24. The van der Waals surface area contributed by atoms with Crippen molar-refractivity contribution in [2.24, 2.45) is 0 Å². The van der Waals surface area contributed by atoms with Crippen LogP contribution >= 0.6 is 0 Å². The standard InChI is InChI=1S/C15H21NO/c1-15(17,14-10-7-11-16-12-14)13-8-5-3-2-4-6-9-13/h7-8,10-12,17H,2-6,9H2,1H3/b13-8+. The summed E-state index contributed by atoms with van der Waals surface area (Å²) in [6.07, 6.45) is 12.8. The summed E-state index contributed by atoms with van der Waals surface area (Å²) in [7, 11) is 0. The summed E-state index contributed by atoms with van der Waals surface area (Å²) in [6.45, 7) is 1.89. The predicted molar refractivity (Wildman–Crippen MR) is 69.6 cm³/mol. The monoisotopic (exact) mass is 231 g/mol. The van der Waals surface area contributed by atoms with E-state index < -0.39 is 5.60 Å². The summed E-state index contributed by atoms with van der Waals surface area (Å²) in [5.41, 5.74) is 1.20. The van der Waals surface area contributed by atoms with Gasteiger partial charge in [0.25, 0.3) is 0 Å². The van der Waals surface area contributed by atoms with Crippen LogP contribution in [0.5, 0.6) is 0 Å². The molecule has 1 aromatic rings. The quantitative estimate of drug-likeness (QED) is 0.789. The highest BCUT2D eigenvalue weighted by Gasteiger charge is 2.27. The molecule has 1 heterocycles. The molecule has 1 unspecified atom stereocenters. The maximum Gasteiger partial charge on any atom is 0.109 e. The second-order valence-electron chi connectivity index (χ2n) is 5.00. The molecule has 0 aliphatic heterocycles. The molecule has 92 valence electrons. The van der Waals surface area contributed by atoms with E-state index in [-0.39, 0.29) is 0 Å². The molecule has 1 N–H and O–H groups in total. The van der Waals surface area contributed by atoms with Crippen molar-refractivity contribution in [3.05, 3.63) is 41.7 Å². The zero-order valence-electron chi connectivity index (χ0n) is 10.5. The summed E-state index contributed by atoms with van der Waals surface area (Å²) in [4.78, 5) is 4.10. The van der Waals surface area contributed by atoms with Crippen molar-refractivity contribution in [2.45, 2.75) is 51.0 Å². The minimum Gasteiger partial charge on any atom is -0.381 e. The molecule has 1 aliphatic carbocycles. The van der Waals surface area contributed by atoms with E-state index in [2.05, 4.69) is 11.1 Å². The fraction of sp³-hybridized carbons (Fsp3) is 0.533. The number of aromatic nitrogens is 1. The maximum atomic E-state index is 10.7. The van der Waals surface area contributed by atoms with E-state index in [0.29, 0.717) is 0 Å². The normalized spacial score (nSPS) is 24.0. The van der Waals surface area contributed by atoms with E-state index in [4.69, 9.17) is 0 Å². The second-order valence-corrected chi connectivity index (χ2v) is 5.00. The fourth-order valence-electron chi connectivity index (χ4n) is 2.47. The summed E-state index contributed by atoms with van der Waals surface area (Å²) in [5, 5.41) is 10.7. The lowest BCUT2D eigenvalue weighted by Gasteiger charge is -2.28. The Morgan fingerprint density at radius 2 is 2.06 bits per heavy atom. The molecule has 2 nitrogen and oxygen atoms in total. The van der Waals surface area contributed by atoms with E-state index in [1.54, 1.807) is 12.4 Å². The highest BCUT2D eigenvalue weighted by molar-refractivity contribution is 5.29. The van der Waals surface area contributed by atoms with Crippen LogP contribution in [0.2, 0.25) is 0 Å². The van der Waals surface area contributed by atoms with Gasteiger partial charge in [-0.25, -0.2) is 0 Å². The molecule has 0 saturated heterocycles. The number of allylic oxidation sites excluding steroid dienone is 1. The van der Waals surface area contributed by atoms with Crippen molar-refractivity contribution in [2.75, 3.05) is 0 Å². The third-order valence-corrected chi connectivity index (χ3v) is 3.64. The van der Waals surface area contributed by atoms with Gasteiger partial charge in [0, 0.05) is 18.0 Å². The minimum atomic E-state index is -0.856. The first-order valence-corrected chi connectivity index (χ1v) is 6.53.